The van der Waals surface area contributed by atoms with E-state index in [1.807, 2.05) is 0 Å². The first-order chi connectivity index (χ1) is 20.6. The third-order valence-corrected chi connectivity index (χ3v) is 9.54. The van der Waals surface area contributed by atoms with E-state index in [2.05, 4.69) is 13.8 Å². The summed E-state index contributed by atoms with van der Waals surface area (Å²) in [7, 11) is 0. The van der Waals surface area contributed by atoms with Crippen LogP contribution in [0.15, 0.2) is 0 Å². The summed E-state index contributed by atoms with van der Waals surface area (Å²) in [6.45, 7) is 4.39. The van der Waals surface area contributed by atoms with Crippen molar-refractivity contribution in [3.8, 4) is 0 Å². The molecular weight excluding hydrogens is 522 g/mol. The van der Waals surface area contributed by atoms with Gasteiger partial charge in [0.15, 0.2) is 0 Å². The minimum atomic E-state index is -1.01. The van der Waals surface area contributed by atoms with E-state index in [9.17, 15) is 20.1 Å². The van der Waals surface area contributed by atoms with E-state index in [4.69, 9.17) is 0 Å². The van der Waals surface area contributed by atoms with E-state index in [1.165, 1.54) is 148 Å². The predicted molar refractivity (Wildman–Crippen MR) is 179 cm³/mol. The van der Waals surface area contributed by atoms with Crippen LogP contribution in [0.4, 0.5) is 0 Å². The van der Waals surface area contributed by atoms with Crippen LogP contribution in [0.3, 0.4) is 0 Å². The Kier molecular flexibility index (Phi) is 26.1. The lowest BCUT2D eigenvalue weighted by Gasteiger charge is -2.14. The Labute approximate surface area is 261 Å². The molecule has 4 unspecified atom stereocenters. The first-order valence-electron chi connectivity index (χ1n) is 18.9. The highest BCUT2D eigenvalue weighted by molar-refractivity contribution is 5.84. The van der Waals surface area contributed by atoms with Crippen molar-refractivity contribution in [1.82, 2.24) is 4.90 Å². The molecule has 5 heteroatoms. The zero-order chi connectivity index (χ0) is 30.7. The number of amides is 1. The zero-order valence-electron chi connectivity index (χ0n) is 28.2. The lowest BCUT2D eigenvalue weighted by Crippen LogP contribution is -2.31. The second kappa shape index (κ2) is 27.9. The number of aliphatic hydroxyl groups excluding tert-OH is 3. The Bertz CT molecular complexity index is 600. The van der Waals surface area contributed by atoms with Crippen LogP contribution < -0.4 is 0 Å². The van der Waals surface area contributed by atoms with Crippen molar-refractivity contribution in [2.75, 3.05) is 6.61 Å². The second-order valence-electron chi connectivity index (χ2n) is 13.5. The first kappa shape index (κ1) is 39.4. The molecule has 0 spiro atoms. The largest absolute Gasteiger partial charge is 0.394 e. The first-order valence-corrected chi connectivity index (χ1v) is 18.9. The van der Waals surface area contributed by atoms with Gasteiger partial charge in [-0.3, -0.25) is 4.79 Å². The zero-order valence-corrected chi connectivity index (χ0v) is 28.2. The number of rotatable bonds is 32. The van der Waals surface area contributed by atoms with Crippen molar-refractivity contribution in [3.05, 3.63) is 0 Å². The Balaban J connectivity index is 2.01. The average molecular weight is 596 g/mol. The van der Waals surface area contributed by atoms with Crippen LogP contribution in [0.2, 0.25) is 0 Å². The van der Waals surface area contributed by atoms with Gasteiger partial charge in [-0.25, -0.2) is 0 Å². The van der Waals surface area contributed by atoms with E-state index in [0.717, 1.165) is 25.7 Å². The van der Waals surface area contributed by atoms with Gasteiger partial charge in [0.25, 0.3) is 5.91 Å². The molecule has 0 aromatic heterocycles. The van der Waals surface area contributed by atoms with E-state index in [0.29, 0.717) is 12.8 Å². The van der Waals surface area contributed by atoms with E-state index in [1.54, 1.807) is 4.90 Å². The van der Waals surface area contributed by atoms with Gasteiger partial charge in [0.05, 0.1) is 24.8 Å². The molecule has 1 saturated heterocycles. The summed E-state index contributed by atoms with van der Waals surface area (Å²) < 4.78 is 0. The molecule has 250 valence electrons. The molecule has 1 aliphatic rings. The Hall–Kier alpha value is -0.650. The van der Waals surface area contributed by atoms with E-state index >= 15 is 0 Å². The molecule has 1 fully saturated rings. The fraction of sp³-hybridized carbons (Fsp3) is 0.973. The highest BCUT2D eigenvalue weighted by Gasteiger charge is 2.54. The third kappa shape index (κ3) is 19.6. The number of carbonyl (C=O) groups excluding carboxylic acids is 1. The molecule has 5 nitrogen and oxygen atoms in total. The Morgan fingerprint density at radius 1 is 0.524 bits per heavy atom. The third-order valence-electron chi connectivity index (χ3n) is 9.54. The van der Waals surface area contributed by atoms with Crippen LogP contribution in [0.1, 0.15) is 200 Å². The lowest BCUT2D eigenvalue weighted by atomic mass is 10.0. The predicted octanol–water partition coefficient (Wildman–Crippen LogP) is 9.63. The van der Waals surface area contributed by atoms with Gasteiger partial charge in [-0.2, -0.15) is 0 Å². The van der Waals surface area contributed by atoms with Gasteiger partial charge >= 0.3 is 0 Å². The molecule has 0 radical (unpaired) electrons. The smallest absolute Gasteiger partial charge is 0.252 e. The number of hydrogen-bond acceptors (Lipinski definition) is 4. The minimum absolute atomic E-state index is 0.141. The van der Waals surface area contributed by atoms with Crippen LogP contribution in [0, 0.1) is 0 Å². The van der Waals surface area contributed by atoms with Gasteiger partial charge in [-0.1, -0.05) is 187 Å². The van der Waals surface area contributed by atoms with Crippen molar-refractivity contribution in [1.29, 1.82) is 0 Å². The fourth-order valence-electron chi connectivity index (χ4n) is 6.62. The molecule has 4 atom stereocenters. The number of nitrogens with zero attached hydrogens (tertiary/aromatic N) is 1. The molecule has 0 aromatic rings. The maximum absolute atomic E-state index is 12.8. The van der Waals surface area contributed by atoms with Gasteiger partial charge in [-0.15, -0.1) is 0 Å². The summed E-state index contributed by atoms with van der Waals surface area (Å²) in [5.74, 6) is -0.307. The number of aliphatic hydroxyl groups is 3. The van der Waals surface area contributed by atoms with Crippen molar-refractivity contribution < 1.29 is 20.1 Å². The molecule has 1 heterocycles. The highest BCUT2D eigenvalue weighted by Crippen LogP contribution is 2.34. The van der Waals surface area contributed by atoms with Gasteiger partial charge in [0, 0.05) is 0 Å². The van der Waals surface area contributed by atoms with Gasteiger partial charge < -0.3 is 20.2 Å². The van der Waals surface area contributed by atoms with Crippen molar-refractivity contribution >= 4 is 5.91 Å². The van der Waals surface area contributed by atoms with Crippen LogP contribution in [0.5, 0.6) is 0 Å². The summed E-state index contributed by atoms with van der Waals surface area (Å²) in [6, 6.07) is -0.661. The monoisotopic (exact) mass is 596 g/mol. The molecule has 0 saturated carbocycles. The summed E-state index contributed by atoms with van der Waals surface area (Å²) in [6.07, 6.45) is 34.3. The van der Waals surface area contributed by atoms with Crippen molar-refractivity contribution in [2.45, 2.75) is 224 Å². The summed E-state index contributed by atoms with van der Waals surface area (Å²) in [5.41, 5.74) is 0. The van der Waals surface area contributed by atoms with Crippen molar-refractivity contribution in [2.24, 2.45) is 0 Å². The summed E-state index contributed by atoms with van der Waals surface area (Å²) in [4.78, 5) is 14.3. The molecule has 3 N–H and O–H groups in total. The van der Waals surface area contributed by atoms with Gasteiger partial charge in [0.2, 0.25) is 0 Å². The number of unbranched alkanes of at least 4 members (excludes halogenated alkanes) is 25. The van der Waals surface area contributed by atoms with Crippen LogP contribution in [-0.2, 0) is 4.79 Å². The summed E-state index contributed by atoms with van der Waals surface area (Å²) in [5, 5.41) is 30.9. The van der Waals surface area contributed by atoms with Crippen LogP contribution in [-0.4, -0.2) is 57.0 Å². The second-order valence-corrected chi connectivity index (χ2v) is 13.5. The Morgan fingerprint density at radius 3 is 1.17 bits per heavy atom. The van der Waals surface area contributed by atoms with Gasteiger partial charge in [-0.05, 0) is 12.8 Å². The standard InChI is InChI=1S/C37H73NO4/c1-3-5-7-9-11-13-15-17-19-21-23-25-27-29-31-35(41)37(42)38-33(32-39)36(38)34(40)30-28-26-24-22-20-18-16-14-12-10-8-6-4-2/h33-36,39-41H,3-32H2,1-2H3. The average Bonchev–Trinajstić information content (AvgIpc) is 3.73. The maximum atomic E-state index is 12.8. The lowest BCUT2D eigenvalue weighted by molar-refractivity contribution is -0.136. The van der Waals surface area contributed by atoms with E-state index < -0.39 is 12.2 Å². The quantitative estimate of drug-likeness (QED) is 0.0534. The normalized spacial score (nSPS) is 18.0. The molecular formula is C37H73NO4. The molecule has 0 aromatic carbocycles. The number of hydrogen-bond donors (Lipinski definition) is 3. The fourth-order valence-corrected chi connectivity index (χ4v) is 6.62. The van der Waals surface area contributed by atoms with E-state index in [-0.39, 0.29) is 24.6 Å². The molecule has 0 aliphatic carbocycles. The Morgan fingerprint density at radius 2 is 0.833 bits per heavy atom. The van der Waals surface area contributed by atoms with Crippen LogP contribution >= 0.6 is 0 Å². The molecule has 0 bridgehead atoms. The van der Waals surface area contributed by atoms with Crippen LogP contribution in [0.25, 0.3) is 0 Å². The molecule has 1 aliphatic heterocycles. The van der Waals surface area contributed by atoms with Gasteiger partial charge in [0.1, 0.15) is 6.10 Å². The minimum Gasteiger partial charge on any atom is -0.394 e. The van der Waals surface area contributed by atoms with Crippen molar-refractivity contribution in [3.63, 3.8) is 0 Å². The highest BCUT2D eigenvalue weighted by atomic mass is 16.3. The number of carbonyl (C=O) groups is 1. The molecule has 1 rings (SSSR count). The molecule has 1 amide bonds. The SMILES string of the molecule is CCCCCCCCCCCCCCCCC(O)C(=O)N1C(CO)C1C(O)CCCCCCCCCCCCCCC. The molecule has 42 heavy (non-hydrogen) atoms. The maximum Gasteiger partial charge on any atom is 0.252 e. The summed E-state index contributed by atoms with van der Waals surface area (Å²) >= 11 is 0. The topological polar surface area (TPSA) is 80.8 Å².